The van der Waals surface area contributed by atoms with Crippen molar-refractivity contribution >= 4 is 46.5 Å². The summed E-state index contributed by atoms with van der Waals surface area (Å²) in [6.07, 6.45) is 4.05. The van der Waals surface area contributed by atoms with Crippen LogP contribution in [0.3, 0.4) is 0 Å². The van der Waals surface area contributed by atoms with Crippen molar-refractivity contribution in [2.24, 2.45) is 0 Å². The van der Waals surface area contributed by atoms with Crippen LogP contribution in [0.5, 0.6) is 0 Å². The topological polar surface area (TPSA) is 113 Å². The van der Waals surface area contributed by atoms with E-state index in [-0.39, 0.29) is 33.7 Å². The molecule has 2 aromatic carbocycles. The van der Waals surface area contributed by atoms with Crippen LogP contribution in [-0.4, -0.2) is 87.7 Å². The Morgan fingerprint density at radius 1 is 0.818 bits per heavy atom. The molecule has 1 unspecified atom stereocenters. The van der Waals surface area contributed by atoms with Crippen LogP contribution in [0, 0.1) is 0 Å². The second kappa shape index (κ2) is 16.7. The summed E-state index contributed by atoms with van der Waals surface area (Å²) < 4.78 is 0.265. The van der Waals surface area contributed by atoms with E-state index in [1.54, 1.807) is 36.4 Å². The lowest BCUT2D eigenvalue weighted by atomic mass is 9.82. The molecule has 0 saturated heterocycles. The van der Waals surface area contributed by atoms with Gasteiger partial charge in [0, 0.05) is 59.7 Å². The number of carbonyl (C=O) groups is 4. The number of thioether (sulfide) groups is 1. The van der Waals surface area contributed by atoms with Crippen molar-refractivity contribution < 1.29 is 29.0 Å². The summed E-state index contributed by atoms with van der Waals surface area (Å²) >= 11 is 1.92. The first-order valence-electron chi connectivity index (χ1n) is 15.9. The van der Waals surface area contributed by atoms with Crippen LogP contribution in [0.2, 0.25) is 0 Å². The number of benzene rings is 2. The highest BCUT2D eigenvalue weighted by Gasteiger charge is 2.34. The molecule has 0 fully saturated rings. The van der Waals surface area contributed by atoms with Crippen molar-refractivity contribution in [1.29, 1.82) is 0 Å². The Morgan fingerprint density at radius 2 is 1.43 bits per heavy atom. The smallest absolute Gasteiger partial charge is 0.275 e. The minimum atomic E-state index is -0.269. The van der Waals surface area contributed by atoms with Gasteiger partial charge in [-0.05, 0) is 25.0 Å². The summed E-state index contributed by atoms with van der Waals surface area (Å²) in [6.45, 7) is 9.94. The van der Waals surface area contributed by atoms with Crippen molar-refractivity contribution in [2.75, 3.05) is 70.3 Å². The standard InChI is InChI=1S/C34H49N5O4S/c1-7-34(3,8-2)44-22-19-36-29(41)23-39(6)21-12-18-35-26-16-17-27(37-28(40)15-11-20-38(4)5)31-30(26)32(42)24-13-9-10-14-25(24)33(31)43/h9-10,13-14,16-17,35H,7-8,11-12,15,18-23H2,1-6H3,(H,36,41)(H,37,40)/p+2. The molecule has 0 saturated carbocycles. The highest BCUT2D eigenvalue weighted by molar-refractivity contribution is 8.00. The monoisotopic (exact) mass is 625 g/mol. The van der Waals surface area contributed by atoms with Crippen LogP contribution in [-0.2, 0) is 9.59 Å². The molecule has 0 aromatic heterocycles. The van der Waals surface area contributed by atoms with Crippen LogP contribution in [0.1, 0.15) is 84.7 Å². The van der Waals surface area contributed by atoms with Crippen molar-refractivity contribution in [2.45, 2.75) is 57.6 Å². The number of ketones is 2. The van der Waals surface area contributed by atoms with Crippen molar-refractivity contribution in [3.63, 3.8) is 0 Å². The van der Waals surface area contributed by atoms with E-state index in [1.165, 1.54) is 4.90 Å². The quantitative estimate of drug-likeness (QED) is 0.139. The van der Waals surface area contributed by atoms with Crippen LogP contribution in [0.15, 0.2) is 36.4 Å². The third-order valence-corrected chi connectivity index (χ3v) is 10.0. The third kappa shape index (κ3) is 9.64. The molecule has 2 aromatic rings. The summed E-state index contributed by atoms with van der Waals surface area (Å²) in [5, 5.41) is 9.29. The molecule has 0 spiro atoms. The Labute approximate surface area is 266 Å². The number of nitrogens with one attached hydrogen (secondary N) is 5. The number of hydrogen-bond acceptors (Lipinski definition) is 6. The van der Waals surface area contributed by atoms with E-state index in [4.69, 9.17) is 0 Å². The van der Waals surface area contributed by atoms with Crippen LogP contribution < -0.4 is 25.8 Å². The average Bonchev–Trinajstić information content (AvgIpc) is 3.00. The molecule has 0 radical (unpaired) electrons. The molecule has 10 heteroatoms. The SMILES string of the molecule is CCC(C)(CC)SCCNC(=O)C[NH+](C)CCCNc1ccc(NC(=O)CCC[NH+](C)C)c2c1C(=O)c1ccccc1C2=O. The van der Waals surface area contributed by atoms with Crippen LogP contribution in [0.25, 0.3) is 0 Å². The van der Waals surface area contributed by atoms with Crippen LogP contribution in [0.4, 0.5) is 11.4 Å². The Hall–Kier alpha value is -3.21. The van der Waals surface area contributed by atoms with E-state index < -0.39 is 0 Å². The lowest BCUT2D eigenvalue weighted by molar-refractivity contribution is -0.871. The second-order valence-corrected chi connectivity index (χ2v) is 13.9. The molecule has 240 valence electrons. The summed E-state index contributed by atoms with van der Waals surface area (Å²) in [6, 6.07) is 10.3. The molecule has 9 nitrogen and oxygen atoms in total. The normalized spacial score (nSPS) is 13.3. The fourth-order valence-corrected chi connectivity index (χ4v) is 6.37. The van der Waals surface area contributed by atoms with E-state index in [0.29, 0.717) is 54.1 Å². The predicted molar refractivity (Wildman–Crippen MR) is 179 cm³/mol. The van der Waals surface area contributed by atoms with Gasteiger partial charge in [-0.15, -0.1) is 0 Å². The summed E-state index contributed by atoms with van der Waals surface area (Å²) in [4.78, 5) is 54.8. The maximum Gasteiger partial charge on any atom is 0.275 e. The highest BCUT2D eigenvalue weighted by Crippen LogP contribution is 2.36. The molecule has 3 rings (SSSR count). The zero-order valence-corrected chi connectivity index (χ0v) is 28.1. The van der Waals surface area contributed by atoms with E-state index >= 15 is 0 Å². The number of rotatable bonds is 18. The lowest BCUT2D eigenvalue weighted by Crippen LogP contribution is -3.10. The number of amides is 2. The van der Waals surface area contributed by atoms with Gasteiger partial charge in [0.2, 0.25) is 5.91 Å². The highest BCUT2D eigenvalue weighted by atomic mass is 32.2. The second-order valence-electron chi connectivity index (χ2n) is 12.2. The Balaban J connectivity index is 1.60. The first kappa shape index (κ1) is 35.3. The first-order valence-corrected chi connectivity index (χ1v) is 16.9. The maximum absolute atomic E-state index is 13.7. The number of hydrogen-bond donors (Lipinski definition) is 5. The molecule has 44 heavy (non-hydrogen) atoms. The van der Waals surface area contributed by atoms with E-state index in [2.05, 4.69) is 36.7 Å². The van der Waals surface area contributed by atoms with Gasteiger partial charge in [-0.2, -0.15) is 11.8 Å². The molecule has 1 atom stereocenters. The van der Waals surface area contributed by atoms with Gasteiger partial charge in [-0.25, -0.2) is 0 Å². The minimum absolute atomic E-state index is 0.0446. The van der Waals surface area contributed by atoms with Gasteiger partial charge in [0.1, 0.15) is 0 Å². The van der Waals surface area contributed by atoms with Gasteiger partial charge in [0.25, 0.3) is 5.91 Å². The summed E-state index contributed by atoms with van der Waals surface area (Å²) in [7, 11) is 6.07. The zero-order valence-electron chi connectivity index (χ0n) is 27.3. The van der Waals surface area contributed by atoms with Gasteiger partial charge in [-0.3, -0.25) is 19.2 Å². The predicted octanol–water partition coefficient (Wildman–Crippen LogP) is 2.07. The molecule has 0 bridgehead atoms. The first-order chi connectivity index (χ1) is 21.0. The zero-order chi connectivity index (χ0) is 32.3. The largest absolute Gasteiger partial charge is 0.384 e. The fraction of sp³-hybridized carbons (Fsp3) is 0.529. The van der Waals surface area contributed by atoms with Gasteiger partial charge >= 0.3 is 0 Å². The third-order valence-electron chi connectivity index (χ3n) is 8.36. The fourth-order valence-electron chi connectivity index (χ4n) is 5.27. The maximum atomic E-state index is 13.7. The molecule has 1 aliphatic rings. The molecule has 5 N–H and O–H groups in total. The Bertz CT molecular complexity index is 1320. The average molecular weight is 626 g/mol. The number of carbonyl (C=O) groups excluding carboxylic acids is 4. The minimum Gasteiger partial charge on any atom is -0.384 e. The van der Waals surface area contributed by atoms with Crippen LogP contribution >= 0.6 is 11.8 Å². The van der Waals surface area contributed by atoms with Gasteiger partial charge < -0.3 is 25.8 Å². The molecule has 1 aliphatic carbocycles. The Morgan fingerprint density at radius 3 is 2.05 bits per heavy atom. The number of fused-ring (bicyclic) bond motifs is 2. The Kier molecular flexibility index (Phi) is 13.4. The molecule has 2 amide bonds. The summed E-state index contributed by atoms with van der Waals surface area (Å²) in [5.41, 5.74) is 2.18. The van der Waals surface area contributed by atoms with Crippen molar-refractivity contribution in [1.82, 2.24) is 5.32 Å². The number of anilines is 2. The summed E-state index contributed by atoms with van der Waals surface area (Å²) in [5.74, 6) is 0.267. The molecular weight excluding hydrogens is 574 g/mol. The van der Waals surface area contributed by atoms with Crippen molar-refractivity contribution in [3.05, 3.63) is 58.7 Å². The molecule has 0 aliphatic heterocycles. The number of likely N-dealkylation sites (N-methyl/N-ethyl adjacent to an activating group) is 1. The van der Waals surface area contributed by atoms with E-state index in [9.17, 15) is 19.2 Å². The van der Waals surface area contributed by atoms with Gasteiger partial charge in [0.15, 0.2) is 18.1 Å². The molecular formula is C34H51N5O4S+2. The lowest BCUT2D eigenvalue weighted by Gasteiger charge is -2.26. The van der Waals surface area contributed by atoms with E-state index in [1.807, 2.05) is 32.9 Å². The van der Waals surface area contributed by atoms with Crippen molar-refractivity contribution in [3.8, 4) is 0 Å². The van der Waals surface area contributed by atoms with Gasteiger partial charge in [0.05, 0.1) is 51.0 Å². The molecule has 0 heterocycles. The van der Waals surface area contributed by atoms with Gasteiger partial charge in [-0.1, -0.05) is 45.0 Å². The number of quaternary nitrogens is 2. The van der Waals surface area contributed by atoms with E-state index in [0.717, 1.165) is 49.4 Å².